The van der Waals surface area contributed by atoms with Gasteiger partial charge in [-0.1, -0.05) is 30.3 Å². The van der Waals surface area contributed by atoms with E-state index in [9.17, 15) is 21.6 Å². The van der Waals surface area contributed by atoms with Crippen LogP contribution in [0.15, 0.2) is 48.5 Å². The van der Waals surface area contributed by atoms with Crippen molar-refractivity contribution in [1.29, 1.82) is 0 Å². The summed E-state index contributed by atoms with van der Waals surface area (Å²) in [6.07, 6.45) is -2.03. The Morgan fingerprint density at radius 1 is 1.15 bits per heavy atom. The van der Waals surface area contributed by atoms with Crippen molar-refractivity contribution in [3.8, 4) is 5.75 Å². The average Bonchev–Trinajstić information content (AvgIpc) is 2.71. The van der Waals surface area contributed by atoms with E-state index in [-0.39, 0.29) is 60.4 Å². The van der Waals surface area contributed by atoms with Gasteiger partial charge in [0.15, 0.2) is 0 Å². The fourth-order valence-corrected chi connectivity index (χ4v) is 4.17. The highest BCUT2D eigenvalue weighted by molar-refractivity contribution is 7.92. The Balaban J connectivity index is 0.00000272. The number of anilines is 1. The van der Waals surface area contributed by atoms with Crippen LogP contribution in [-0.4, -0.2) is 40.7 Å². The predicted molar refractivity (Wildman–Crippen MR) is 128 cm³/mol. The molecule has 0 aliphatic carbocycles. The van der Waals surface area contributed by atoms with Crippen LogP contribution in [0, 0.1) is 0 Å². The predicted octanol–water partition coefficient (Wildman–Crippen LogP) is 4.41. The summed E-state index contributed by atoms with van der Waals surface area (Å²) in [4.78, 5) is 0. The summed E-state index contributed by atoms with van der Waals surface area (Å²) >= 11 is 0. The van der Waals surface area contributed by atoms with E-state index >= 15 is 0 Å². The molecule has 0 unspecified atom stereocenters. The molecular formula is C21H28Cl2F3N3O3S. The second kappa shape index (κ2) is 12.1. The van der Waals surface area contributed by atoms with E-state index in [1.54, 1.807) is 0 Å². The smallest absolute Gasteiger partial charge is 0.405 e. The molecule has 1 saturated heterocycles. The third kappa shape index (κ3) is 8.22. The molecule has 2 aromatic carbocycles. The average molecular weight is 530 g/mol. The van der Waals surface area contributed by atoms with E-state index in [1.165, 1.54) is 19.2 Å². The largest absolute Gasteiger partial charge is 0.573 e. The minimum Gasteiger partial charge on any atom is -0.405 e. The number of sulfonamides is 1. The summed E-state index contributed by atoms with van der Waals surface area (Å²) in [5, 5.41) is 6.80. The van der Waals surface area contributed by atoms with Crippen molar-refractivity contribution in [2.24, 2.45) is 0 Å². The van der Waals surface area contributed by atoms with Crippen molar-refractivity contribution in [2.75, 3.05) is 24.2 Å². The van der Waals surface area contributed by atoms with Gasteiger partial charge in [0.1, 0.15) is 5.75 Å². The molecule has 2 N–H and O–H groups in total. The highest BCUT2D eigenvalue weighted by Gasteiger charge is 2.33. The fraction of sp³-hybridized carbons (Fsp3) is 0.429. The lowest BCUT2D eigenvalue weighted by atomic mass is 9.92. The van der Waals surface area contributed by atoms with Crippen LogP contribution >= 0.6 is 24.8 Å². The van der Waals surface area contributed by atoms with Crippen LogP contribution in [0.25, 0.3) is 0 Å². The standard InChI is InChI=1S/C21H26F3N3O3S.2ClH/c1-27(31(2,28)29)17-10-11-19(30-21(22,23)24)16(13-17)14-26-18-9-6-12-25-20(18)15-7-4-3-5-8-15;;/h3-5,7-8,10-11,13,18,20,25-26H,6,9,12,14H2,1-2H3;2*1H/t18-,20-;;/m0../s1. The summed E-state index contributed by atoms with van der Waals surface area (Å²) in [5.74, 6) is -0.356. The SMILES string of the molecule is CN(c1ccc(OC(F)(F)F)c(CN[C@H]2CCCN[C@H]2c2ccccc2)c1)S(C)(=O)=O.Cl.Cl. The Hall–Kier alpha value is -1.72. The van der Waals surface area contributed by atoms with Crippen molar-refractivity contribution in [3.05, 3.63) is 59.7 Å². The van der Waals surface area contributed by atoms with E-state index in [0.717, 1.165) is 41.6 Å². The molecule has 12 heteroatoms. The molecule has 0 bridgehead atoms. The first-order valence-corrected chi connectivity index (χ1v) is 11.7. The van der Waals surface area contributed by atoms with E-state index < -0.39 is 16.4 Å². The Morgan fingerprint density at radius 2 is 1.82 bits per heavy atom. The quantitative estimate of drug-likeness (QED) is 0.555. The van der Waals surface area contributed by atoms with E-state index in [0.29, 0.717) is 0 Å². The minimum atomic E-state index is -4.85. The van der Waals surface area contributed by atoms with Gasteiger partial charge in [-0.3, -0.25) is 4.31 Å². The number of benzene rings is 2. The number of nitrogens with zero attached hydrogens (tertiary/aromatic N) is 1. The number of alkyl halides is 3. The molecule has 0 spiro atoms. The summed E-state index contributed by atoms with van der Waals surface area (Å²) in [5.41, 5.74) is 1.58. The topological polar surface area (TPSA) is 70.7 Å². The maximum absolute atomic E-state index is 12.9. The lowest BCUT2D eigenvalue weighted by Crippen LogP contribution is -2.45. The monoisotopic (exact) mass is 529 g/mol. The second-order valence-electron chi connectivity index (χ2n) is 7.54. The maximum Gasteiger partial charge on any atom is 0.573 e. The molecule has 0 saturated carbocycles. The zero-order valence-electron chi connectivity index (χ0n) is 18.1. The van der Waals surface area contributed by atoms with Crippen molar-refractivity contribution < 1.29 is 26.3 Å². The van der Waals surface area contributed by atoms with E-state index in [2.05, 4.69) is 15.4 Å². The lowest BCUT2D eigenvalue weighted by molar-refractivity contribution is -0.274. The molecule has 0 amide bonds. The van der Waals surface area contributed by atoms with Crippen molar-refractivity contribution in [2.45, 2.75) is 37.8 Å². The van der Waals surface area contributed by atoms with E-state index in [4.69, 9.17) is 0 Å². The zero-order valence-corrected chi connectivity index (χ0v) is 20.6. The summed E-state index contributed by atoms with van der Waals surface area (Å²) < 4.78 is 67.6. The summed E-state index contributed by atoms with van der Waals surface area (Å²) in [6.45, 7) is 0.946. The second-order valence-corrected chi connectivity index (χ2v) is 9.56. The molecule has 3 rings (SSSR count). The molecular weight excluding hydrogens is 502 g/mol. The van der Waals surface area contributed by atoms with Crippen LogP contribution in [-0.2, 0) is 16.6 Å². The van der Waals surface area contributed by atoms with Crippen LogP contribution in [0.3, 0.4) is 0 Å². The third-order valence-electron chi connectivity index (χ3n) is 5.30. The molecule has 1 heterocycles. The molecule has 6 nitrogen and oxygen atoms in total. The van der Waals surface area contributed by atoms with Crippen molar-refractivity contribution in [3.63, 3.8) is 0 Å². The van der Waals surface area contributed by atoms with Gasteiger partial charge in [-0.05, 0) is 43.1 Å². The first kappa shape index (κ1) is 29.3. The first-order chi connectivity index (χ1) is 14.5. The van der Waals surface area contributed by atoms with E-state index in [1.807, 2.05) is 30.3 Å². The number of rotatable bonds is 7. The number of hydrogen-bond donors (Lipinski definition) is 2. The van der Waals surface area contributed by atoms with Gasteiger partial charge in [0, 0.05) is 31.2 Å². The highest BCUT2D eigenvalue weighted by atomic mass is 35.5. The van der Waals surface area contributed by atoms with Crippen LogP contribution < -0.4 is 19.7 Å². The van der Waals surface area contributed by atoms with Crippen LogP contribution in [0.1, 0.15) is 30.0 Å². The highest BCUT2D eigenvalue weighted by Crippen LogP contribution is 2.31. The molecule has 2 atom stereocenters. The maximum atomic E-state index is 12.9. The molecule has 1 aliphatic heterocycles. The van der Waals surface area contributed by atoms with Gasteiger partial charge in [0.2, 0.25) is 10.0 Å². The summed E-state index contributed by atoms with van der Waals surface area (Å²) in [7, 11) is -2.21. The molecule has 186 valence electrons. The zero-order chi connectivity index (χ0) is 22.6. The van der Waals surface area contributed by atoms with Gasteiger partial charge in [-0.25, -0.2) is 8.42 Å². The number of ether oxygens (including phenoxy) is 1. The van der Waals surface area contributed by atoms with Crippen LogP contribution in [0.4, 0.5) is 18.9 Å². The van der Waals surface area contributed by atoms with Gasteiger partial charge in [-0.2, -0.15) is 0 Å². The first-order valence-electron chi connectivity index (χ1n) is 9.89. The fourth-order valence-electron chi connectivity index (χ4n) is 3.68. The molecule has 33 heavy (non-hydrogen) atoms. The number of nitrogens with one attached hydrogen (secondary N) is 2. The van der Waals surface area contributed by atoms with Gasteiger partial charge in [0.05, 0.1) is 11.9 Å². The minimum absolute atomic E-state index is 0. The summed E-state index contributed by atoms with van der Waals surface area (Å²) in [6, 6.07) is 13.7. The molecule has 0 aromatic heterocycles. The Kier molecular flexibility index (Phi) is 10.8. The van der Waals surface area contributed by atoms with Gasteiger partial charge in [-0.15, -0.1) is 38.0 Å². The Bertz CT molecular complexity index is 995. The molecule has 1 fully saturated rings. The number of halogens is 5. The Morgan fingerprint density at radius 3 is 2.42 bits per heavy atom. The Labute approximate surface area is 204 Å². The number of piperidine rings is 1. The van der Waals surface area contributed by atoms with Crippen molar-refractivity contribution >= 4 is 40.5 Å². The van der Waals surface area contributed by atoms with Gasteiger partial charge < -0.3 is 15.4 Å². The number of hydrogen-bond acceptors (Lipinski definition) is 5. The lowest BCUT2D eigenvalue weighted by Gasteiger charge is -2.34. The molecule has 1 aliphatic rings. The molecule has 0 radical (unpaired) electrons. The van der Waals surface area contributed by atoms with Crippen molar-refractivity contribution in [1.82, 2.24) is 10.6 Å². The van der Waals surface area contributed by atoms with Crippen LogP contribution in [0.5, 0.6) is 5.75 Å². The third-order valence-corrected chi connectivity index (χ3v) is 6.51. The normalized spacial score (nSPS) is 18.6. The van der Waals surface area contributed by atoms with Gasteiger partial charge in [0.25, 0.3) is 0 Å². The van der Waals surface area contributed by atoms with Gasteiger partial charge >= 0.3 is 6.36 Å². The van der Waals surface area contributed by atoms with Crippen LogP contribution in [0.2, 0.25) is 0 Å². The molecule has 2 aromatic rings.